The largest absolute Gasteiger partial charge is 0.310 e. The zero-order valence-electron chi connectivity index (χ0n) is 9.62. The van der Waals surface area contributed by atoms with Gasteiger partial charge in [-0.25, -0.2) is 8.42 Å². The van der Waals surface area contributed by atoms with Crippen molar-refractivity contribution < 1.29 is 8.42 Å². The van der Waals surface area contributed by atoms with Crippen molar-refractivity contribution in [1.82, 2.24) is 5.32 Å². The first-order chi connectivity index (χ1) is 6.96. The molecule has 0 aromatic carbocycles. The lowest BCUT2D eigenvalue weighted by molar-refractivity contribution is 0.425. The molecule has 0 saturated carbocycles. The molecule has 0 aliphatic carbocycles. The van der Waals surface area contributed by atoms with E-state index >= 15 is 0 Å². The van der Waals surface area contributed by atoms with Crippen LogP contribution in [0.3, 0.4) is 0 Å². The molecule has 0 radical (unpaired) electrons. The van der Waals surface area contributed by atoms with Gasteiger partial charge in [0.1, 0.15) is 0 Å². The molecule has 2 atom stereocenters. The fourth-order valence-corrected chi connectivity index (χ4v) is 3.97. The van der Waals surface area contributed by atoms with Crippen molar-refractivity contribution in [1.29, 1.82) is 0 Å². The van der Waals surface area contributed by atoms with Crippen molar-refractivity contribution in [2.45, 2.75) is 32.7 Å². The summed E-state index contributed by atoms with van der Waals surface area (Å²) in [5.41, 5.74) is 1.05. The molecule has 0 amide bonds. The van der Waals surface area contributed by atoms with Crippen LogP contribution in [0.1, 0.15) is 26.7 Å². The molecule has 1 aliphatic rings. The van der Waals surface area contributed by atoms with Gasteiger partial charge in [0.25, 0.3) is 0 Å². The summed E-state index contributed by atoms with van der Waals surface area (Å²) < 4.78 is 22.8. The maximum atomic E-state index is 11.4. The van der Waals surface area contributed by atoms with Gasteiger partial charge in [-0.3, -0.25) is 0 Å². The lowest BCUT2D eigenvalue weighted by Gasteiger charge is -2.24. The third-order valence-electron chi connectivity index (χ3n) is 2.88. The number of nitrogens with one attached hydrogen (secondary N) is 1. The van der Waals surface area contributed by atoms with E-state index in [0.29, 0.717) is 11.5 Å². The Kier molecular flexibility index (Phi) is 4.34. The van der Waals surface area contributed by atoms with Crippen molar-refractivity contribution in [2.75, 3.05) is 18.1 Å². The fraction of sp³-hybridized carbons (Fsp3) is 0.818. The summed E-state index contributed by atoms with van der Waals surface area (Å²) in [6, 6.07) is 0.169. The monoisotopic (exact) mass is 231 g/mol. The molecule has 0 aromatic rings. The van der Waals surface area contributed by atoms with E-state index in [-0.39, 0.29) is 12.0 Å². The molecule has 1 aliphatic heterocycles. The third kappa shape index (κ3) is 3.61. The second kappa shape index (κ2) is 5.12. The molecule has 1 heterocycles. The van der Waals surface area contributed by atoms with E-state index in [2.05, 4.69) is 18.8 Å². The fourth-order valence-electron chi connectivity index (χ4n) is 2.13. The smallest absolute Gasteiger partial charge is 0.150 e. The average Bonchev–Trinajstić information content (AvgIpc) is 2.46. The van der Waals surface area contributed by atoms with Gasteiger partial charge in [-0.2, -0.15) is 0 Å². The summed E-state index contributed by atoms with van der Waals surface area (Å²) in [6.07, 6.45) is 1.83. The van der Waals surface area contributed by atoms with E-state index < -0.39 is 9.84 Å². The van der Waals surface area contributed by atoms with Gasteiger partial charge < -0.3 is 5.32 Å². The highest BCUT2D eigenvalue weighted by molar-refractivity contribution is 7.91. The van der Waals surface area contributed by atoms with Crippen LogP contribution >= 0.6 is 0 Å². The van der Waals surface area contributed by atoms with Crippen LogP contribution in [0.2, 0.25) is 0 Å². The Morgan fingerprint density at radius 3 is 2.67 bits per heavy atom. The summed E-state index contributed by atoms with van der Waals surface area (Å²) >= 11 is 0. The van der Waals surface area contributed by atoms with Crippen molar-refractivity contribution in [2.24, 2.45) is 5.92 Å². The second-order valence-corrected chi connectivity index (χ2v) is 6.67. The average molecular weight is 231 g/mol. The van der Waals surface area contributed by atoms with Crippen LogP contribution in [-0.2, 0) is 9.84 Å². The van der Waals surface area contributed by atoms with Crippen molar-refractivity contribution in [3.8, 4) is 0 Å². The minimum Gasteiger partial charge on any atom is -0.310 e. The molecule has 2 unspecified atom stereocenters. The Hall–Kier alpha value is -0.350. The first-order valence-corrected chi connectivity index (χ1v) is 7.37. The first kappa shape index (κ1) is 12.7. The number of hydrogen-bond acceptors (Lipinski definition) is 3. The van der Waals surface area contributed by atoms with Crippen molar-refractivity contribution >= 4 is 9.84 Å². The van der Waals surface area contributed by atoms with Gasteiger partial charge in [0.05, 0.1) is 11.5 Å². The van der Waals surface area contributed by atoms with Crippen LogP contribution in [-0.4, -0.2) is 32.5 Å². The topological polar surface area (TPSA) is 46.2 Å². The third-order valence-corrected chi connectivity index (χ3v) is 4.68. The molecular weight excluding hydrogens is 210 g/mol. The highest BCUT2D eigenvalue weighted by atomic mass is 32.2. The molecule has 15 heavy (non-hydrogen) atoms. The Balaban J connectivity index is 2.61. The minimum atomic E-state index is -2.78. The van der Waals surface area contributed by atoms with E-state index in [9.17, 15) is 8.42 Å². The van der Waals surface area contributed by atoms with E-state index in [1.54, 1.807) is 0 Å². The van der Waals surface area contributed by atoms with Crippen LogP contribution < -0.4 is 5.32 Å². The Labute approximate surface area is 92.9 Å². The molecule has 1 fully saturated rings. The van der Waals surface area contributed by atoms with Crippen LogP contribution in [0, 0.1) is 5.92 Å². The highest BCUT2D eigenvalue weighted by Gasteiger charge is 2.33. The maximum absolute atomic E-state index is 11.4. The summed E-state index contributed by atoms with van der Waals surface area (Å²) in [5, 5.41) is 3.38. The highest BCUT2D eigenvalue weighted by Crippen LogP contribution is 2.24. The van der Waals surface area contributed by atoms with Gasteiger partial charge >= 0.3 is 0 Å². The molecule has 0 aromatic heterocycles. The molecule has 3 nitrogen and oxygen atoms in total. The lowest BCUT2D eigenvalue weighted by atomic mass is 9.94. The molecular formula is C11H21NO2S. The SMILES string of the molecule is C=C(C)C(NCCC)C1CCS(=O)(=O)C1. The summed E-state index contributed by atoms with van der Waals surface area (Å²) in [7, 11) is -2.78. The van der Waals surface area contributed by atoms with Crippen LogP contribution in [0.25, 0.3) is 0 Å². The van der Waals surface area contributed by atoms with Gasteiger partial charge in [0.15, 0.2) is 9.84 Å². The van der Waals surface area contributed by atoms with Crippen molar-refractivity contribution in [3.63, 3.8) is 0 Å². The van der Waals surface area contributed by atoms with Gasteiger partial charge in [-0.1, -0.05) is 19.1 Å². The van der Waals surface area contributed by atoms with Gasteiger partial charge in [0.2, 0.25) is 0 Å². The minimum absolute atomic E-state index is 0.169. The molecule has 1 rings (SSSR count). The Morgan fingerprint density at radius 2 is 2.27 bits per heavy atom. The molecule has 88 valence electrons. The van der Waals surface area contributed by atoms with E-state index in [1.165, 1.54) is 0 Å². The Morgan fingerprint density at radius 1 is 1.60 bits per heavy atom. The standard InChI is InChI=1S/C11H21NO2S/c1-4-6-12-11(9(2)3)10-5-7-15(13,14)8-10/h10-12H,2,4-8H2,1,3H3. The van der Waals surface area contributed by atoms with Crippen LogP contribution in [0.4, 0.5) is 0 Å². The van der Waals surface area contributed by atoms with Gasteiger partial charge in [-0.15, -0.1) is 0 Å². The normalized spacial score (nSPS) is 26.4. The zero-order valence-corrected chi connectivity index (χ0v) is 10.4. The summed E-state index contributed by atoms with van der Waals surface area (Å²) in [5.74, 6) is 0.885. The second-order valence-electron chi connectivity index (χ2n) is 4.44. The number of hydrogen-bond donors (Lipinski definition) is 1. The number of sulfone groups is 1. The van der Waals surface area contributed by atoms with E-state index in [0.717, 1.165) is 25.0 Å². The lowest BCUT2D eigenvalue weighted by Crippen LogP contribution is -2.38. The number of rotatable bonds is 5. The predicted molar refractivity (Wildman–Crippen MR) is 63.7 cm³/mol. The quantitative estimate of drug-likeness (QED) is 0.727. The summed E-state index contributed by atoms with van der Waals surface area (Å²) in [4.78, 5) is 0. The molecule has 1 saturated heterocycles. The van der Waals surface area contributed by atoms with E-state index in [4.69, 9.17) is 0 Å². The molecule has 4 heteroatoms. The van der Waals surface area contributed by atoms with Gasteiger partial charge in [-0.05, 0) is 32.2 Å². The van der Waals surface area contributed by atoms with Crippen LogP contribution in [0.15, 0.2) is 12.2 Å². The molecule has 1 N–H and O–H groups in total. The molecule has 0 bridgehead atoms. The zero-order chi connectivity index (χ0) is 11.5. The predicted octanol–water partition coefficient (Wildman–Crippen LogP) is 1.37. The van der Waals surface area contributed by atoms with Crippen molar-refractivity contribution in [3.05, 3.63) is 12.2 Å². The van der Waals surface area contributed by atoms with E-state index in [1.807, 2.05) is 6.92 Å². The first-order valence-electron chi connectivity index (χ1n) is 5.55. The van der Waals surface area contributed by atoms with Gasteiger partial charge in [0, 0.05) is 6.04 Å². The Bertz CT molecular complexity index is 321. The maximum Gasteiger partial charge on any atom is 0.150 e. The molecule has 0 spiro atoms. The summed E-state index contributed by atoms with van der Waals surface area (Å²) in [6.45, 7) is 8.94. The van der Waals surface area contributed by atoms with Crippen LogP contribution in [0.5, 0.6) is 0 Å².